The number of halogens is 3. The Morgan fingerprint density at radius 1 is 0.647 bits per heavy atom. The van der Waals surface area contributed by atoms with E-state index in [4.69, 9.17) is 89.9 Å². The molecule has 8 aliphatic rings. The maximum absolute atomic E-state index is 16.5. The number of carboxylic acid groups (broad SMARTS) is 1. The predicted molar refractivity (Wildman–Crippen MR) is 420 cm³/mol. The van der Waals surface area contributed by atoms with Gasteiger partial charge in [-0.05, 0) is 142 Å². The van der Waals surface area contributed by atoms with Gasteiger partial charge in [-0.2, -0.15) is 0 Å². The number of amides is 7. The Balaban J connectivity index is 1.10. The number of carbonyl (C=O) groups excluding carboxylic acids is 7. The Morgan fingerprint density at radius 2 is 1.22 bits per heavy atom. The molecule has 14 rings (SSSR count). The van der Waals surface area contributed by atoms with E-state index in [1.807, 2.05) is 13.8 Å². The highest BCUT2D eigenvalue weighted by atomic mass is 35.5. The maximum atomic E-state index is 16.5. The molecular weight excluding hydrogens is 1620 g/mol. The zero-order valence-corrected chi connectivity index (χ0v) is 67.3. The number of likely N-dealkylation sites (N-methyl/N-ethyl adjacent to an activating group) is 1. The van der Waals surface area contributed by atoms with Crippen molar-refractivity contribution in [3.8, 4) is 57.1 Å². The summed E-state index contributed by atoms with van der Waals surface area (Å²) < 4.78 is 51.9. The van der Waals surface area contributed by atoms with Gasteiger partial charge in [0, 0.05) is 58.2 Å². The lowest BCUT2D eigenvalue weighted by Crippen LogP contribution is -2.64. The molecule has 119 heavy (non-hydrogen) atoms. The van der Waals surface area contributed by atoms with Crippen LogP contribution in [0.5, 0.6) is 46.0 Å². The minimum atomic E-state index is -2.40. The molecule has 3 saturated heterocycles. The molecule has 22 N–H and O–H groups in total. The molecule has 6 aromatic rings. The average molecular weight is 1720 g/mol. The third kappa shape index (κ3) is 19.3. The lowest BCUT2D eigenvalue weighted by molar-refractivity contribution is -0.333. The van der Waals surface area contributed by atoms with Gasteiger partial charge in [-0.25, -0.2) is 4.79 Å². The number of rotatable bonds is 17. The molecule has 7 amide bonds. The van der Waals surface area contributed by atoms with E-state index in [-0.39, 0.29) is 59.2 Å². The number of nitrogens with zero attached hydrogens (tertiary/aromatic N) is 1. The van der Waals surface area contributed by atoms with Crippen molar-refractivity contribution >= 4 is 82.1 Å². The van der Waals surface area contributed by atoms with E-state index >= 15 is 28.8 Å². The van der Waals surface area contributed by atoms with Crippen LogP contribution in [0.4, 0.5) is 0 Å². The zero-order chi connectivity index (χ0) is 86.5. The number of phenolic OH excluding ortho intramolecular Hbond substituents is 3. The molecule has 0 radical (unpaired) electrons. The molecule has 8 heterocycles. The molecule has 0 spiro atoms. The topological polar surface area (TPSA) is 566 Å². The fourth-order valence-electron chi connectivity index (χ4n) is 15.3. The van der Waals surface area contributed by atoms with Crippen LogP contribution in [0.25, 0.3) is 11.1 Å². The molecule has 39 heteroatoms. The summed E-state index contributed by atoms with van der Waals surface area (Å²) in [7, 11) is 1.65. The van der Waals surface area contributed by atoms with Crippen molar-refractivity contribution in [2.75, 3.05) is 13.7 Å². The van der Waals surface area contributed by atoms with Gasteiger partial charge in [0.15, 0.2) is 36.2 Å². The van der Waals surface area contributed by atoms with E-state index in [9.17, 15) is 60.7 Å². The number of ether oxygens (including phenoxy) is 8. The quantitative estimate of drug-likeness (QED) is 0.0624. The number of phenols is 3. The van der Waals surface area contributed by atoms with Crippen molar-refractivity contribution in [2.45, 2.75) is 207 Å². The molecule has 3 fully saturated rings. The fourth-order valence-corrected chi connectivity index (χ4v) is 15.9. The lowest BCUT2D eigenvalue weighted by Gasteiger charge is -2.47. The van der Waals surface area contributed by atoms with Crippen molar-refractivity contribution in [3.63, 3.8) is 0 Å². The van der Waals surface area contributed by atoms with Crippen molar-refractivity contribution in [3.05, 3.63) is 152 Å². The number of fused-ring (bicyclic) bond motifs is 15. The largest absolute Gasteiger partial charge is 0.508 e. The minimum Gasteiger partial charge on any atom is -0.508 e. The summed E-state index contributed by atoms with van der Waals surface area (Å²) in [5.74, 6) is -16.3. The second-order valence-corrected chi connectivity index (χ2v) is 32.7. The number of carboxylic acids is 1. The summed E-state index contributed by atoms with van der Waals surface area (Å²) in [5, 5.41) is 130. The molecule has 36 nitrogen and oxygen atoms in total. The van der Waals surface area contributed by atoms with E-state index in [0.717, 1.165) is 54.1 Å². The average Bonchev–Trinajstić information content (AvgIpc) is 0.763. The number of aromatic hydroxyl groups is 3. The Kier molecular flexibility index (Phi) is 26.7. The second kappa shape index (κ2) is 35.9. The molecule has 0 saturated carbocycles. The first kappa shape index (κ1) is 88.5. The zero-order valence-electron chi connectivity index (χ0n) is 65.0. The molecular formula is C80H93Cl3N10O26. The Hall–Kier alpha value is -9.81. The minimum absolute atomic E-state index is 0.162. The lowest BCUT2D eigenvalue weighted by atomic mass is 9.86. The molecule has 6 aromatic carbocycles. The van der Waals surface area contributed by atoms with Gasteiger partial charge in [0.1, 0.15) is 89.5 Å². The van der Waals surface area contributed by atoms with E-state index in [0.29, 0.717) is 5.02 Å². The van der Waals surface area contributed by atoms with Gasteiger partial charge in [-0.3, -0.25) is 38.5 Å². The number of benzene rings is 6. The summed E-state index contributed by atoms with van der Waals surface area (Å²) in [6.07, 6.45) is -23.1. The van der Waals surface area contributed by atoms with Crippen molar-refractivity contribution in [2.24, 2.45) is 23.1 Å². The van der Waals surface area contributed by atoms with Crippen LogP contribution in [0.2, 0.25) is 15.1 Å². The van der Waals surface area contributed by atoms with Crippen molar-refractivity contribution in [1.82, 2.24) is 36.8 Å². The smallest absolute Gasteiger partial charge is 0.330 e. The van der Waals surface area contributed by atoms with Crippen LogP contribution >= 0.6 is 34.8 Å². The van der Waals surface area contributed by atoms with Crippen LogP contribution in [-0.4, -0.2) is 220 Å². The highest BCUT2D eigenvalue weighted by Crippen LogP contribution is 2.51. The first-order valence-corrected chi connectivity index (χ1v) is 39.0. The second-order valence-electron chi connectivity index (χ2n) is 31.5. The highest BCUT2D eigenvalue weighted by Gasteiger charge is 2.53. The number of hydrogen-bond acceptors (Lipinski definition) is 28. The third-order valence-corrected chi connectivity index (χ3v) is 22.5. The normalized spacial score (nSPS) is 30.7. The number of aliphatic carboxylic acids is 1. The number of nitrogens with one attached hydrogen (secondary N) is 6. The summed E-state index contributed by atoms with van der Waals surface area (Å²) >= 11 is 20.8. The number of carbonyl (C=O) groups is 8. The van der Waals surface area contributed by atoms with Gasteiger partial charge in [0.05, 0.1) is 53.5 Å². The molecule has 11 bridgehead atoms. The van der Waals surface area contributed by atoms with Crippen LogP contribution in [0.15, 0.2) is 103 Å². The Bertz CT molecular complexity index is 4880. The van der Waals surface area contributed by atoms with Gasteiger partial charge in [-0.15, -0.1) is 0 Å². The van der Waals surface area contributed by atoms with Gasteiger partial charge in [0.2, 0.25) is 53.4 Å². The van der Waals surface area contributed by atoms with Crippen LogP contribution in [0.1, 0.15) is 131 Å². The highest BCUT2D eigenvalue weighted by molar-refractivity contribution is 6.32. The first-order valence-electron chi connectivity index (χ1n) is 37.9. The Morgan fingerprint density at radius 3 is 1.80 bits per heavy atom. The van der Waals surface area contributed by atoms with Crippen LogP contribution < -0.4 is 63.3 Å². The number of hydrogen-bond donors (Lipinski definition) is 19. The van der Waals surface area contributed by atoms with Crippen molar-refractivity contribution < 1.29 is 127 Å². The van der Waals surface area contributed by atoms with E-state index in [1.165, 1.54) is 58.0 Å². The number of aliphatic hydroxyl groups is 6. The van der Waals surface area contributed by atoms with Crippen LogP contribution in [0, 0.1) is 5.92 Å². The third-order valence-electron chi connectivity index (χ3n) is 21.6. The molecule has 0 aliphatic carbocycles. The van der Waals surface area contributed by atoms with Gasteiger partial charge >= 0.3 is 5.97 Å². The van der Waals surface area contributed by atoms with Gasteiger partial charge in [-0.1, -0.05) is 79.0 Å². The summed E-state index contributed by atoms with van der Waals surface area (Å²) in [5.41, 5.74) is 14.1. The standard InChI is InChI=1S/C80H93Cl3N10O26/c1-31(2)18-46(93(7)29-34-8-13-39(81)14-9-34)72(105)91-61-63(99)36-11-16-49(43(82)20-36)114-51-22-38-23-52(67(51)119-78-68(65(101)64(100)53(30-94)116-78)118-56-28-80(6,86)70(103)33(4)113-56)115-50-17-12-37(21-44(50)83)66(117-55-27-79(5,85)69(102)32(3)112-55)62-76(109)90-60(77(110)111)42-24-40(95)25-48(97)57(42)41-19-35(10-15-47(41)96)58(73(106)92-62)89-74(107)59(38)88-71(104)45(26-54(84)98)87-75(61)108/h8-17,19-25,31-33,45-46,53,55-56,58-66,68-70,78,94-97,99-103H,18,26-30,85-86H2,1-7H3,(H2,84,98)(H,87,108)(H,88,104)(H,89,107)(H,90,109)(H,91,105)(H,92,106)(H,110,111)/t32-,33-,45-,46+,53+,55-,56-,58+,59+,60-,61+,62-,63+,64+,65-,66+,68+,69-,70-,78-,79-,80-/m0/s1. The maximum Gasteiger partial charge on any atom is 0.330 e. The van der Waals surface area contributed by atoms with E-state index < -0.39 is 261 Å². The molecule has 22 atom stereocenters. The first-order chi connectivity index (χ1) is 56.1. The van der Waals surface area contributed by atoms with Gasteiger partial charge in [0.25, 0.3) is 0 Å². The number of primary amides is 1. The predicted octanol–water partition coefficient (Wildman–Crippen LogP) is 2.91. The number of aliphatic hydroxyl groups excluding tert-OH is 6. The molecule has 8 aliphatic heterocycles. The van der Waals surface area contributed by atoms with E-state index in [2.05, 4.69) is 31.9 Å². The summed E-state index contributed by atoms with van der Waals surface area (Å²) in [6.45, 7) is 8.79. The molecule has 640 valence electrons. The van der Waals surface area contributed by atoms with Gasteiger partial charge < -0.3 is 138 Å². The fraction of sp³-hybridized carbons (Fsp3) is 0.450. The summed E-state index contributed by atoms with van der Waals surface area (Å²) in [6, 6.07) is 6.18. The SMILES string of the molecule is CC(C)C[C@H](C(=O)N[C@H]1C(=O)N[C@@H](CC(N)=O)C(=O)N[C@H]2C(=O)N[C@H]3C(=O)N[C@H](C(=O)N[C@H](C(=O)O)c4cc(O)cc(O)c4-c4cc3ccc4O)[C@H](O[C@H]3C[C@](C)(N)[C@@H](O)[C@H](C)O3)c3ccc(c(Cl)c3)Oc3cc2cc(c3O[C@@H]2O[C@H](CO)[C@@H](O)[C@H](O)[C@H]2O[C@H]2C[C@](C)(N)[C@@H](O)[C@H](C)O2)Oc2ccc(cc2Cl)[C@H]1O)N(C)Cc1ccc(Cl)cc1. The van der Waals surface area contributed by atoms with Crippen LogP contribution in [-0.2, 0) is 68.6 Å². The number of nitrogens with two attached hydrogens (primary N) is 3. The van der Waals surface area contributed by atoms with Crippen molar-refractivity contribution in [1.29, 1.82) is 0 Å². The molecule has 0 unspecified atom stereocenters. The van der Waals surface area contributed by atoms with E-state index in [1.54, 1.807) is 36.2 Å². The monoisotopic (exact) mass is 1710 g/mol. The summed E-state index contributed by atoms with van der Waals surface area (Å²) in [4.78, 5) is 124. The van der Waals surface area contributed by atoms with Crippen LogP contribution in [0.3, 0.4) is 0 Å². The molecule has 0 aromatic heterocycles. The Labute approximate surface area is 695 Å².